The van der Waals surface area contributed by atoms with Crippen molar-refractivity contribution in [2.75, 3.05) is 0 Å². The Morgan fingerprint density at radius 3 is 1.25 bits per heavy atom. The van der Waals surface area contributed by atoms with Crippen molar-refractivity contribution in [2.45, 2.75) is 0 Å². The minimum atomic E-state index is 0.0556. The van der Waals surface area contributed by atoms with Crippen LogP contribution >= 0.6 is 0 Å². The fraction of sp³-hybridized carbons (Fsp3) is 0. The van der Waals surface area contributed by atoms with Crippen molar-refractivity contribution < 1.29 is 25.0 Å². The summed E-state index contributed by atoms with van der Waals surface area (Å²) in [6.07, 6.45) is 0. The number of hydrogen-bond acceptors (Lipinski definition) is 2. The Balaban J connectivity index is 0. The Hall–Kier alpha value is 1.17. The topological polar surface area (TPSA) is 34.1 Å². The molecule has 0 spiro atoms. The van der Waals surface area contributed by atoms with E-state index in [1.54, 1.807) is 0 Å². The van der Waals surface area contributed by atoms with E-state index >= 15 is 0 Å². The van der Waals surface area contributed by atoms with E-state index in [0.717, 1.165) is 18.9 Å². The normalized spacial score (nSPS) is 2.25. The van der Waals surface area contributed by atoms with Crippen molar-refractivity contribution in [3.05, 3.63) is 0 Å². The van der Waals surface area contributed by atoms with Crippen molar-refractivity contribution in [3.8, 4) is 0 Å². The van der Waals surface area contributed by atoms with Gasteiger partial charge in [0.25, 0.3) is 0 Å². The summed E-state index contributed by atoms with van der Waals surface area (Å²) in [7, 11) is 0. The third-order valence-corrected chi connectivity index (χ3v) is 0. The third-order valence-electron chi connectivity index (χ3n) is 0. The van der Waals surface area contributed by atoms with Gasteiger partial charge in [-0.15, -0.1) is 0 Å². The second kappa shape index (κ2) is 30.6. The molecule has 0 N–H and O–H groups in total. The monoisotopic (exact) mass is 433 g/mol. The molecular formula is IrO2Pb. The summed E-state index contributed by atoms with van der Waals surface area (Å²) in [6.45, 7) is 0. The molecule has 2 nitrogen and oxygen atoms in total. The van der Waals surface area contributed by atoms with Crippen LogP contribution in [0.2, 0.25) is 0 Å². The van der Waals surface area contributed by atoms with Gasteiger partial charge in [-0.05, 0) is 0 Å². The maximum atomic E-state index is 8.39. The molecule has 0 aromatic carbocycles. The average Bonchev–Trinajstić information content (AvgIpc) is 1.50. The summed E-state index contributed by atoms with van der Waals surface area (Å²) in [6, 6.07) is 0. The first-order chi connectivity index (χ1) is 2.00. The standard InChI is InChI=1S/Ir.2O.Pb. The molecule has 0 aliphatic rings. The van der Waals surface area contributed by atoms with E-state index in [-0.39, 0.29) is 25.8 Å². The fourth-order valence-corrected chi connectivity index (χ4v) is 0. The SMILES string of the molecule is [O]=[Ir].[O]=[Pb]. The van der Waals surface area contributed by atoms with E-state index in [2.05, 4.69) is 0 Å². The van der Waals surface area contributed by atoms with Crippen LogP contribution in [0.15, 0.2) is 0 Å². The van der Waals surface area contributed by atoms with Gasteiger partial charge in [0, 0.05) is 0 Å². The molecule has 0 unspecified atom stereocenters. The Morgan fingerprint density at radius 1 is 1.25 bits per heavy atom. The van der Waals surface area contributed by atoms with Gasteiger partial charge in [0.05, 0.1) is 0 Å². The molecule has 0 heterocycles. The van der Waals surface area contributed by atoms with Gasteiger partial charge in [-0.25, -0.2) is 0 Å². The summed E-state index contributed by atoms with van der Waals surface area (Å²) in [4.78, 5) is 0. The zero-order valence-corrected chi connectivity index (χ0v) is 7.93. The molecule has 0 aromatic heterocycles. The zero-order chi connectivity index (χ0) is 4.00. The van der Waals surface area contributed by atoms with Gasteiger partial charge < -0.3 is 0 Å². The van der Waals surface area contributed by atoms with Crippen molar-refractivity contribution >= 4 is 25.8 Å². The van der Waals surface area contributed by atoms with Gasteiger partial charge in [-0.2, -0.15) is 0 Å². The first kappa shape index (κ1) is 8.95. The molecule has 0 saturated carbocycles. The average molecular weight is 431 g/mol. The van der Waals surface area contributed by atoms with Crippen LogP contribution in [0.25, 0.3) is 0 Å². The van der Waals surface area contributed by atoms with Crippen LogP contribution in [-0.4, -0.2) is 25.8 Å². The van der Waals surface area contributed by atoms with Crippen LogP contribution in [0.5, 0.6) is 0 Å². The molecular weight excluding hydrogens is 431 g/mol. The number of hydrogen-bond donors (Lipinski definition) is 0. The Bertz CT molecular complexity index is 8.00. The Kier molecular flexibility index (Phi) is 68.4. The van der Waals surface area contributed by atoms with Crippen LogP contribution in [0.4, 0.5) is 0 Å². The van der Waals surface area contributed by atoms with Crippen molar-refractivity contribution in [1.29, 1.82) is 0 Å². The van der Waals surface area contributed by atoms with Gasteiger partial charge in [-0.3, -0.25) is 0 Å². The van der Waals surface area contributed by atoms with Crippen LogP contribution in [-0.2, 0) is 25.0 Å². The maximum absolute atomic E-state index is 8.39. The molecule has 2 radical (unpaired) electrons. The fourth-order valence-electron chi connectivity index (χ4n) is 0. The van der Waals surface area contributed by atoms with Crippen molar-refractivity contribution in [3.63, 3.8) is 0 Å². The third kappa shape index (κ3) is 10.9. The van der Waals surface area contributed by atoms with Crippen LogP contribution < -0.4 is 0 Å². The molecule has 0 fully saturated rings. The summed E-state index contributed by atoms with van der Waals surface area (Å²) >= 11 is 0.806. The predicted octanol–water partition coefficient (Wildman–Crippen LogP) is -0.621. The molecule has 4 heavy (non-hydrogen) atoms. The van der Waals surface area contributed by atoms with Crippen LogP contribution in [0, 0.1) is 0 Å². The van der Waals surface area contributed by atoms with E-state index in [0.29, 0.717) is 0 Å². The molecule has 0 rings (SSSR count). The zero-order valence-electron chi connectivity index (χ0n) is 1.65. The molecule has 0 aliphatic heterocycles. The van der Waals surface area contributed by atoms with E-state index in [9.17, 15) is 0 Å². The van der Waals surface area contributed by atoms with Gasteiger partial charge in [0.1, 0.15) is 0 Å². The predicted molar refractivity (Wildman–Crippen MR) is 7.13 cm³/mol. The quantitative estimate of drug-likeness (QED) is 0.480. The van der Waals surface area contributed by atoms with Crippen molar-refractivity contribution in [2.24, 2.45) is 0 Å². The number of rotatable bonds is 0. The van der Waals surface area contributed by atoms with Crippen LogP contribution in [0.3, 0.4) is 0 Å². The summed E-state index contributed by atoms with van der Waals surface area (Å²) < 4.78 is 16.6. The second-order valence-corrected chi connectivity index (χ2v) is 0. The molecule has 0 saturated heterocycles. The summed E-state index contributed by atoms with van der Waals surface area (Å²) in [5.74, 6) is 0. The van der Waals surface area contributed by atoms with Gasteiger partial charge in [0.15, 0.2) is 0 Å². The van der Waals surface area contributed by atoms with E-state index in [1.807, 2.05) is 0 Å². The molecule has 0 aliphatic carbocycles. The molecule has 25 valence electrons. The molecule has 0 aromatic rings. The van der Waals surface area contributed by atoms with E-state index in [1.165, 1.54) is 0 Å². The molecule has 0 bridgehead atoms. The van der Waals surface area contributed by atoms with Crippen molar-refractivity contribution in [1.82, 2.24) is 0 Å². The van der Waals surface area contributed by atoms with E-state index in [4.69, 9.17) is 6.19 Å². The van der Waals surface area contributed by atoms with Gasteiger partial charge >= 0.3 is 50.8 Å². The molecule has 4 heteroatoms. The minimum absolute atomic E-state index is 0.0556. The van der Waals surface area contributed by atoms with E-state index < -0.39 is 0 Å². The summed E-state index contributed by atoms with van der Waals surface area (Å²) in [5.41, 5.74) is 0. The van der Waals surface area contributed by atoms with Gasteiger partial charge in [0.2, 0.25) is 0 Å². The first-order valence-corrected chi connectivity index (χ1v) is 2.91. The second-order valence-electron chi connectivity index (χ2n) is 0. The Labute approximate surface area is 50.6 Å². The summed E-state index contributed by atoms with van der Waals surface area (Å²) in [5, 5.41) is 0. The Morgan fingerprint density at radius 2 is 1.25 bits per heavy atom. The van der Waals surface area contributed by atoms with Crippen LogP contribution in [0.1, 0.15) is 0 Å². The first-order valence-electron chi connectivity index (χ1n) is 0.340. The molecule has 0 amide bonds. The van der Waals surface area contributed by atoms with Gasteiger partial charge in [-0.1, -0.05) is 0 Å². The molecule has 0 atom stereocenters.